The van der Waals surface area contributed by atoms with Crippen molar-refractivity contribution < 1.29 is 19.2 Å². The van der Waals surface area contributed by atoms with Crippen molar-refractivity contribution in [2.75, 3.05) is 13.2 Å². The molecule has 0 aliphatic carbocycles. The van der Waals surface area contributed by atoms with E-state index < -0.39 is 4.92 Å². The number of nitrogens with zero attached hydrogens (tertiary/aromatic N) is 2. The number of fused-ring (bicyclic) bond motifs is 4. The summed E-state index contributed by atoms with van der Waals surface area (Å²) in [6, 6.07) is 13.9. The van der Waals surface area contributed by atoms with Crippen LogP contribution in [0.3, 0.4) is 0 Å². The van der Waals surface area contributed by atoms with Crippen molar-refractivity contribution >= 4 is 11.5 Å². The average molecular weight is 376 g/mol. The molecular weight excluding hydrogens is 360 g/mol. The van der Waals surface area contributed by atoms with Crippen LogP contribution in [0, 0.1) is 10.1 Å². The summed E-state index contributed by atoms with van der Waals surface area (Å²) in [6.45, 7) is 0.916. The number of carbonyl (C=O) groups is 1. The fraction of sp³-hybridized carbons (Fsp3) is 0.190. The maximum Gasteiger partial charge on any atom is 0.269 e. The van der Waals surface area contributed by atoms with Gasteiger partial charge in [-0.05, 0) is 23.8 Å². The second-order valence-corrected chi connectivity index (χ2v) is 6.85. The number of rotatable bonds is 2. The molecule has 5 rings (SSSR count). The van der Waals surface area contributed by atoms with Gasteiger partial charge in [-0.1, -0.05) is 12.1 Å². The lowest BCUT2D eigenvalue weighted by Crippen LogP contribution is -2.16. The topological polar surface area (TPSA) is 83.6 Å². The van der Waals surface area contributed by atoms with E-state index in [-0.39, 0.29) is 23.8 Å². The van der Waals surface area contributed by atoms with Crippen molar-refractivity contribution in [3.8, 4) is 17.2 Å². The van der Waals surface area contributed by atoms with Crippen LogP contribution in [-0.2, 0) is 0 Å². The second kappa shape index (κ2) is 6.23. The third-order valence-electron chi connectivity index (χ3n) is 5.23. The Hall–Kier alpha value is -3.61. The number of ether oxygens (including phenoxy) is 2. The summed E-state index contributed by atoms with van der Waals surface area (Å²) in [5.41, 5.74) is 2.97. The fourth-order valence-electron chi connectivity index (χ4n) is 3.94. The highest BCUT2D eigenvalue weighted by atomic mass is 16.6. The average Bonchev–Trinajstić information content (AvgIpc) is 3.16. The largest absolute Gasteiger partial charge is 0.486 e. The van der Waals surface area contributed by atoms with Crippen LogP contribution < -0.4 is 9.47 Å². The molecule has 0 saturated carbocycles. The van der Waals surface area contributed by atoms with Crippen molar-refractivity contribution in [2.24, 2.45) is 0 Å². The minimum Gasteiger partial charge on any atom is -0.486 e. The molecule has 3 heterocycles. The molecule has 0 amide bonds. The van der Waals surface area contributed by atoms with Crippen molar-refractivity contribution in [1.29, 1.82) is 0 Å². The first-order chi connectivity index (χ1) is 13.6. The van der Waals surface area contributed by atoms with Crippen LogP contribution in [-0.4, -0.2) is 28.5 Å². The van der Waals surface area contributed by atoms with Gasteiger partial charge in [-0.3, -0.25) is 14.9 Å². The Labute approximate surface area is 160 Å². The molecule has 7 nitrogen and oxygen atoms in total. The number of Topliss-reactive ketones (excluding diaryl/α,β-unsaturated/α-hetero) is 1. The van der Waals surface area contributed by atoms with Gasteiger partial charge < -0.3 is 14.0 Å². The second-order valence-electron chi connectivity index (χ2n) is 6.85. The molecule has 0 radical (unpaired) electrons. The number of hydrogen-bond donors (Lipinski definition) is 0. The summed E-state index contributed by atoms with van der Waals surface area (Å²) in [5, 5.41) is 11.2. The number of ketones is 1. The van der Waals surface area contributed by atoms with E-state index in [2.05, 4.69) is 0 Å². The molecule has 2 aromatic carbocycles. The number of nitro benzene ring substituents is 1. The lowest BCUT2D eigenvalue weighted by Gasteiger charge is -2.21. The van der Waals surface area contributed by atoms with E-state index in [1.165, 1.54) is 6.07 Å². The number of benzene rings is 2. The van der Waals surface area contributed by atoms with Gasteiger partial charge in [-0.25, -0.2) is 0 Å². The van der Waals surface area contributed by atoms with Gasteiger partial charge in [-0.2, -0.15) is 0 Å². The molecule has 28 heavy (non-hydrogen) atoms. The molecule has 0 N–H and O–H groups in total. The summed E-state index contributed by atoms with van der Waals surface area (Å²) in [4.78, 5) is 23.9. The van der Waals surface area contributed by atoms with Crippen molar-refractivity contribution in [1.82, 2.24) is 4.57 Å². The monoisotopic (exact) mass is 376 g/mol. The van der Waals surface area contributed by atoms with Gasteiger partial charge in [-0.15, -0.1) is 0 Å². The Morgan fingerprint density at radius 2 is 1.82 bits per heavy atom. The Kier molecular flexibility index (Phi) is 3.68. The van der Waals surface area contributed by atoms with Crippen molar-refractivity contribution in [2.45, 2.75) is 12.3 Å². The summed E-state index contributed by atoms with van der Waals surface area (Å²) in [5.74, 6) is 0.868. The maximum absolute atomic E-state index is 13.1. The first kappa shape index (κ1) is 16.6. The van der Waals surface area contributed by atoms with Crippen LogP contribution in [0.25, 0.3) is 5.69 Å². The number of hydrogen-bond acceptors (Lipinski definition) is 5. The van der Waals surface area contributed by atoms with E-state index in [4.69, 9.17) is 9.47 Å². The standard InChI is InChI=1S/C21H16N2O5/c24-19-10-15(13-3-1-4-14(9-13)23(25)26)17-5-2-6-22(17)18-12-21-20(11-16(18)19)27-7-8-28-21/h1-6,9,11-12,15H,7-8,10H2/t15-/m0/s1. The van der Waals surface area contributed by atoms with Crippen LogP contribution >= 0.6 is 0 Å². The molecule has 0 unspecified atom stereocenters. The summed E-state index contributed by atoms with van der Waals surface area (Å²) >= 11 is 0. The van der Waals surface area contributed by atoms with Crippen LogP contribution in [0.5, 0.6) is 11.5 Å². The Balaban J connectivity index is 1.67. The van der Waals surface area contributed by atoms with E-state index in [1.807, 2.05) is 35.0 Å². The number of carbonyl (C=O) groups excluding carboxylic acids is 1. The zero-order valence-corrected chi connectivity index (χ0v) is 14.8. The van der Waals surface area contributed by atoms with Gasteiger partial charge in [0.2, 0.25) is 0 Å². The first-order valence-electron chi connectivity index (χ1n) is 9.00. The summed E-state index contributed by atoms with van der Waals surface area (Å²) < 4.78 is 13.3. The van der Waals surface area contributed by atoms with Gasteiger partial charge in [0.05, 0.1) is 10.6 Å². The van der Waals surface area contributed by atoms with Gasteiger partial charge in [0.15, 0.2) is 17.3 Å². The molecule has 0 saturated heterocycles. The zero-order valence-electron chi connectivity index (χ0n) is 14.8. The molecule has 3 aromatic rings. The predicted octanol–water partition coefficient (Wildman–Crippen LogP) is 3.88. The van der Waals surface area contributed by atoms with Crippen molar-refractivity contribution in [3.63, 3.8) is 0 Å². The predicted molar refractivity (Wildman–Crippen MR) is 101 cm³/mol. The SMILES string of the molecule is O=C1C[C@@H](c2cccc([N+](=O)[O-])c2)c2cccn2-c2cc3c(cc21)OCCO3. The normalized spacial score (nSPS) is 17.4. The van der Waals surface area contributed by atoms with Crippen LogP contribution in [0.15, 0.2) is 54.7 Å². The van der Waals surface area contributed by atoms with E-state index in [9.17, 15) is 14.9 Å². The van der Waals surface area contributed by atoms with E-state index in [1.54, 1.807) is 18.2 Å². The zero-order chi connectivity index (χ0) is 19.3. The number of aromatic nitrogens is 1. The quantitative estimate of drug-likeness (QED) is 0.501. The molecule has 140 valence electrons. The maximum atomic E-state index is 13.1. The number of non-ortho nitro benzene ring substituents is 1. The van der Waals surface area contributed by atoms with E-state index >= 15 is 0 Å². The van der Waals surface area contributed by atoms with Gasteiger partial charge in [0.1, 0.15) is 13.2 Å². The van der Waals surface area contributed by atoms with Crippen LogP contribution in [0.4, 0.5) is 5.69 Å². The van der Waals surface area contributed by atoms with Crippen LogP contribution in [0.2, 0.25) is 0 Å². The summed E-state index contributed by atoms with van der Waals surface area (Å²) in [7, 11) is 0. The highest BCUT2D eigenvalue weighted by molar-refractivity contribution is 6.01. The first-order valence-corrected chi connectivity index (χ1v) is 9.00. The highest BCUT2D eigenvalue weighted by Gasteiger charge is 2.31. The third-order valence-corrected chi connectivity index (χ3v) is 5.23. The molecule has 2 aliphatic heterocycles. The molecule has 0 spiro atoms. The van der Waals surface area contributed by atoms with Gasteiger partial charge in [0, 0.05) is 48.0 Å². The molecule has 1 atom stereocenters. The van der Waals surface area contributed by atoms with E-state index in [0.29, 0.717) is 30.3 Å². The lowest BCUT2D eigenvalue weighted by molar-refractivity contribution is -0.384. The lowest BCUT2D eigenvalue weighted by atomic mass is 9.89. The minimum absolute atomic E-state index is 0.0158. The Morgan fingerprint density at radius 1 is 1.04 bits per heavy atom. The molecular formula is C21H16N2O5. The highest BCUT2D eigenvalue weighted by Crippen LogP contribution is 2.41. The van der Waals surface area contributed by atoms with Gasteiger partial charge in [0.25, 0.3) is 5.69 Å². The summed E-state index contributed by atoms with van der Waals surface area (Å²) in [6.07, 6.45) is 2.12. The molecule has 7 heteroatoms. The van der Waals surface area contributed by atoms with E-state index in [0.717, 1.165) is 16.9 Å². The van der Waals surface area contributed by atoms with Gasteiger partial charge >= 0.3 is 0 Å². The van der Waals surface area contributed by atoms with Crippen LogP contribution in [0.1, 0.15) is 34.0 Å². The smallest absolute Gasteiger partial charge is 0.269 e. The minimum atomic E-state index is -0.418. The Morgan fingerprint density at radius 3 is 2.61 bits per heavy atom. The number of nitro groups is 1. The fourth-order valence-corrected chi connectivity index (χ4v) is 3.94. The molecule has 2 aliphatic rings. The third kappa shape index (κ3) is 2.55. The Bertz CT molecular complexity index is 1120. The molecule has 1 aromatic heterocycles. The molecule has 0 bridgehead atoms. The molecule has 0 fully saturated rings. The van der Waals surface area contributed by atoms with Crippen molar-refractivity contribution in [3.05, 3.63) is 81.7 Å².